The highest BCUT2D eigenvalue weighted by Crippen LogP contribution is 2.45. The molecule has 0 spiro atoms. The number of carboxylic acids is 1. The minimum absolute atomic E-state index is 0.0419. The molecule has 5 heteroatoms. The fourth-order valence-corrected chi connectivity index (χ4v) is 7.15. The minimum atomic E-state index is -0.738. The first-order valence-electron chi connectivity index (χ1n) is 10.9. The highest BCUT2D eigenvalue weighted by Gasteiger charge is 2.29. The second-order valence-corrected chi connectivity index (χ2v) is 10.7. The molecule has 164 valence electrons. The molecule has 5 rings (SSSR count). The first kappa shape index (κ1) is 21.6. The second kappa shape index (κ2) is 8.60. The van der Waals surface area contributed by atoms with E-state index in [-0.39, 0.29) is 18.4 Å². The van der Waals surface area contributed by atoms with E-state index in [4.69, 9.17) is 9.84 Å². The van der Waals surface area contributed by atoms with Crippen molar-refractivity contribution in [3.8, 4) is 16.9 Å². The lowest BCUT2D eigenvalue weighted by Gasteiger charge is -2.18. The van der Waals surface area contributed by atoms with Crippen molar-refractivity contribution in [2.45, 2.75) is 50.0 Å². The zero-order valence-electron chi connectivity index (χ0n) is 18.2. The predicted octanol–water partition coefficient (Wildman–Crippen LogP) is 7.46. The number of carboxylic acid groups (broad SMARTS) is 1. The Morgan fingerprint density at radius 3 is 2.66 bits per heavy atom. The Bertz CT molecular complexity index is 1200. The van der Waals surface area contributed by atoms with Gasteiger partial charge in [0.05, 0.1) is 6.42 Å². The van der Waals surface area contributed by atoms with Crippen molar-refractivity contribution in [3.63, 3.8) is 0 Å². The molecule has 0 bridgehead atoms. The molecule has 1 heterocycles. The maximum Gasteiger partial charge on any atom is 0.303 e. The Labute approximate surface area is 201 Å². The summed E-state index contributed by atoms with van der Waals surface area (Å²) in [7, 11) is 0. The van der Waals surface area contributed by atoms with Crippen LogP contribution in [0.2, 0.25) is 0 Å². The van der Waals surface area contributed by atoms with Gasteiger partial charge in [0.25, 0.3) is 0 Å². The van der Waals surface area contributed by atoms with Crippen LogP contribution in [0.4, 0.5) is 0 Å². The highest BCUT2D eigenvalue weighted by atomic mass is 79.9. The summed E-state index contributed by atoms with van der Waals surface area (Å²) < 4.78 is 7.59. The van der Waals surface area contributed by atoms with Crippen molar-refractivity contribution in [2.24, 2.45) is 0 Å². The maximum atomic E-state index is 11.1. The van der Waals surface area contributed by atoms with E-state index in [2.05, 4.69) is 72.2 Å². The van der Waals surface area contributed by atoms with E-state index in [0.717, 1.165) is 39.3 Å². The van der Waals surface area contributed by atoms with Gasteiger partial charge in [-0.15, -0.1) is 11.8 Å². The SMILES string of the molecule is Cc1cc(Br)cc(C)c1-c1cccc2c1CCC2Oc1ccc2c(c1)SC[C@H]2CC(=O)O. The van der Waals surface area contributed by atoms with Crippen LogP contribution in [-0.4, -0.2) is 16.8 Å². The van der Waals surface area contributed by atoms with Crippen LogP contribution in [0.25, 0.3) is 11.1 Å². The van der Waals surface area contributed by atoms with Gasteiger partial charge in [0.15, 0.2) is 0 Å². The maximum absolute atomic E-state index is 11.1. The lowest BCUT2D eigenvalue weighted by molar-refractivity contribution is -0.137. The molecular weight excluding hydrogens is 484 g/mol. The minimum Gasteiger partial charge on any atom is -0.486 e. The first-order chi connectivity index (χ1) is 15.4. The second-order valence-electron chi connectivity index (χ2n) is 8.74. The molecule has 2 atom stereocenters. The van der Waals surface area contributed by atoms with Crippen LogP contribution in [0.1, 0.15) is 52.7 Å². The Morgan fingerprint density at radius 1 is 1.12 bits per heavy atom. The zero-order valence-corrected chi connectivity index (χ0v) is 20.6. The average molecular weight is 509 g/mol. The van der Waals surface area contributed by atoms with Crippen molar-refractivity contribution in [1.82, 2.24) is 0 Å². The third-order valence-corrected chi connectivity index (χ3v) is 8.24. The number of ether oxygens (including phenoxy) is 1. The molecule has 3 aromatic carbocycles. The molecular formula is C27H25BrO3S. The van der Waals surface area contributed by atoms with Crippen molar-refractivity contribution in [1.29, 1.82) is 0 Å². The third-order valence-electron chi connectivity index (χ3n) is 6.55. The Kier molecular flexibility index (Phi) is 5.81. The monoisotopic (exact) mass is 508 g/mol. The number of fused-ring (bicyclic) bond motifs is 2. The van der Waals surface area contributed by atoms with Gasteiger partial charge >= 0.3 is 5.97 Å². The van der Waals surface area contributed by atoms with Gasteiger partial charge in [0.2, 0.25) is 0 Å². The summed E-state index contributed by atoms with van der Waals surface area (Å²) in [5, 5.41) is 9.15. The van der Waals surface area contributed by atoms with E-state index in [1.54, 1.807) is 11.8 Å². The van der Waals surface area contributed by atoms with E-state index in [1.807, 2.05) is 6.07 Å². The van der Waals surface area contributed by atoms with Gasteiger partial charge in [0.1, 0.15) is 11.9 Å². The third kappa shape index (κ3) is 3.97. The summed E-state index contributed by atoms with van der Waals surface area (Å²) >= 11 is 5.35. The Balaban J connectivity index is 1.42. The van der Waals surface area contributed by atoms with Gasteiger partial charge in [-0.25, -0.2) is 0 Å². The number of aryl methyl sites for hydroxylation is 2. The summed E-state index contributed by atoms with van der Waals surface area (Å²) in [5.41, 5.74) is 9.01. The van der Waals surface area contributed by atoms with E-state index < -0.39 is 5.97 Å². The van der Waals surface area contributed by atoms with E-state index in [9.17, 15) is 4.79 Å². The Morgan fingerprint density at radius 2 is 1.91 bits per heavy atom. The topological polar surface area (TPSA) is 46.5 Å². The van der Waals surface area contributed by atoms with Gasteiger partial charge < -0.3 is 9.84 Å². The van der Waals surface area contributed by atoms with Crippen LogP contribution in [-0.2, 0) is 11.2 Å². The van der Waals surface area contributed by atoms with Gasteiger partial charge in [-0.1, -0.05) is 40.2 Å². The van der Waals surface area contributed by atoms with Crippen LogP contribution >= 0.6 is 27.7 Å². The van der Waals surface area contributed by atoms with Gasteiger partial charge in [-0.05, 0) is 89.9 Å². The number of benzene rings is 3. The summed E-state index contributed by atoms with van der Waals surface area (Å²) in [4.78, 5) is 12.3. The molecule has 2 aliphatic rings. The molecule has 0 amide bonds. The van der Waals surface area contributed by atoms with Gasteiger partial charge in [0, 0.05) is 21.0 Å². The number of thioether (sulfide) groups is 1. The summed E-state index contributed by atoms with van der Waals surface area (Å²) in [6.45, 7) is 4.35. The fourth-order valence-electron chi connectivity index (χ4n) is 5.18. The molecule has 0 radical (unpaired) electrons. The molecule has 0 saturated carbocycles. The van der Waals surface area contributed by atoms with Crippen LogP contribution in [0.3, 0.4) is 0 Å². The number of halogens is 1. The van der Waals surface area contributed by atoms with Crippen molar-refractivity contribution >= 4 is 33.7 Å². The fraction of sp³-hybridized carbons (Fsp3) is 0.296. The zero-order chi connectivity index (χ0) is 22.4. The van der Waals surface area contributed by atoms with Gasteiger partial charge in [-0.2, -0.15) is 0 Å². The molecule has 0 aromatic heterocycles. The smallest absolute Gasteiger partial charge is 0.303 e. The van der Waals surface area contributed by atoms with E-state index in [1.165, 1.54) is 33.4 Å². The summed E-state index contributed by atoms with van der Waals surface area (Å²) in [6.07, 6.45) is 2.20. The molecule has 0 fully saturated rings. The molecule has 3 aromatic rings. The van der Waals surface area contributed by atoms with Crippen LogP contribution in [0.15, 0.2) is 57.9 Å². The summed E-state index contributed by atoms with van der Waals surface area (Å²) in [5.74, 6) is 1.05. The quantitative estimate of drug-likeness (QED) is 0.388. The standard InChI is InChI=1S/C27H25BrO3S/c1-15-10-18(28)11-16(2)27(15)23-5-3-4-22-21(23)8-9-24(22)31-19-6-7-20-17(12-26(29)30)14-32-25(20)13-19/h3-7,10-11,13,17,24H,8-9,12,14H2,1-2H3,(H,29,30)/t17-,24?/m1/s1. The van der Waals surface area contributed by atoms with E-state index >= 15 is 0 Å². The molecule has 1 aliphatic heterocycles. The van der Waals surface area contributed by atoms with Crippen molar-refractivity contribution < 1.29 is 14.6 Å². The number of hydrogen-bond donors (Lipinski definition) is 1. The molecule has 32 heavy (non-hydrogen) atoms. The summed E-state index contributed by atoms with van der Waals surface area (Å²) in [6, 6.07) is 17.1. The predicted molar refractivity (Wildman–Crippen MR) is 133 cm³/mol. The molecule has 3 nitrogen and oxygen atoms in total. The highest BCUT2D eigenvalue weighted by molar-refractivity contribution is 9.10. The largest absolute Gasteiger partial charge is 0.486 e. The molecule has 1 aliphatic carbocycles. The van der Waals surface area contributed by atoms with Crippen LogP contribution in [0, 0.1) is 13.8 Å². The van der Waals surface area contributed by atoms with Crippen LogP contribution in [0.5, 0.6) is 5.75 Å². The van der Waals surface area contributed by atoms with Gasteiger partial charge in [-0.3, -0.25) is 4.79 Å². The molecule has 0 saturated heterocycles. The lowest BCUT2D eigenvalue weighted by Crippen LogP contribution is -2.06. The molecule has 1 N–H and O–H groups in total. The molecule has 1 unspecified atom stereocenters. The van der Waals surface area contributed by atoms with Crippen molar-refractivity contribution in [2.75, 3.05) is 5.75 Å². The Hall–Kier alpha value is -2.24. The number of hydrogen-bond acceptors (Lipinski definition) is 3. The van der Waals surface area contributed by atoms with Crippen LogP contribution < -0.4 is 4.74 Å². The number of aliphatic carboxylic acids is 1. The van der Waals surface area contributed by atoms with Crippen molar-refractivity contribution in [3.05, 3.63) is 80.8 Å². The number of carbonyl (C=O) groups is 1. The normalized spacial score (nSPS) is 19.0. The number of rotatable bonds is 5. The first-order valence-corrected chi connectivity index (χ1v) is 12.7. The average Bonchev–Trinajstić information content (AvgIpc) is 3.32. The van der Waals surface area contributed by atoms with E-state index in [0.29, 0.717) is 0 Å². The lowest BCUT2D eigenvalue weighted by atomic mass is 9.91.